The van der Waals surface area contributed by atoms with Crippen molar-refractivity contribution in [3.8, 4) is 5.75 Å². The fourth-order valence-electron chi connectivity index (χ4n) is 2.64. The third-order valence-corrected chi connectivity index (χ3v) is 4.56. The Kier molecular flexibility index (Phi) is 5.82. The van der Waals surface area contributed by atoms with E-state index in [1.165, 1.54) is 0 Å². The standard InChI is InChI=1S/C18H17Cl2N3O4/c1-9(2)11-7-16(21-8-14(11)24)26-17-12(19)5-10(6-13(17)20)3-4-15-22-18(25)27-23-15/h5-7,9H,3-4,8H2,1-2H3,(H,22,23,25). The molecule has 1 aromatic carbocycles. The van der Waals surface area contributed by atoms with Crippen LogP contribution in [0.4, 0.5) is 0 Å². The Bertz CT molecular complexity index is 965. The molecule has 142 valence electrons. The second kappa shape index (κ2) is 8.10. The Morgan fingerprint density at radius 1 is 1.22 bits per heavy atom. The van der Waals surface area contributed by atoms with Crippen LogP contribution in [0.5, 0.6) is 5.75 Å². The van der Waals surface area contributed by atoms with Gasteiger partial charge in [0.15, 0.2) is 17.4 Å². The van der Waals surface area contributed by atoms with Gasteiger partial charge in [0, 0.05) is 18.1 Å². The Balaban J connectivity index is 1.75. The molecule has 0 amide bonds. The third kappa shape index (κ3) is 4.67. The monoisotopic (exact) mass is 409 g/mol. The van der Waals surface area contributed by atoms with Crippen molar-refractivity contribution in [2.75, 3.05) is 6.54 Å². The number of aromatic nitrogens is 2. The molecule has 0 bridgehead atoms. The Hall–Kier alpha value is -2.38. The summed E-state index contributed by atoms with van der Waals surface area (Å²) in [7, 11) is 0. The smallest absolute Gasteiger partial charge is 0.436 e. The summed E-state index contributed by atoms with van der Waals surface area (Å²) in [6.07, 6.45) is 2.64. The zero-order valence-electron chi connectivity index (χ0n) is 14.7. The lowest BCUT2D eigenvalue weighted by atomic mass is 9.97. The van der Waals surface area contributed by atoms with Crippen LogP contribution in [0.2, 0.25) is 10.0 Å². The van der Waals surface area contributed by atoms with Crippen molar-refractivity contribution in [3.05, 3.63) is 55.8 Å². The molecule has 7 nitrogen and oxygen atoms in total. The SMILES string of the molecule is CC(C)C1=CC(Oc2c(Cl)cc(CCc3noc(=O)[nH]3)cc2Cl)=NCC1=O. The van der Waals surface area contributed by atoms with Gasteiger partial charge in [0.1, 0.15) is 6.54 Å². The van der Waals surface area contributed by atoms with Gasteiger partial charge in [-0.25, -0.2) is 9.79 Å². The maximum atomic E-state index is 11.9. The van der Waals surface area contributed by atoms with E-state index in [-0.39, 0.29) is 24.0 Å². The minimum absolute atomic E-state index is 0.0178. The molecule has 3 rings (SSSR count). The van der Waals surface area contributed by atoms with E-state index in [0.717, 1.165) is 5.56 Å². The molecule has 0 aliphatic carbocycles. The van der Waals surface area contributed by atoms with E-state index in [9.17, 15) is 9.59 Å². The van der Waals surface area contributed by atoms with E-state index in [2.05, 4.69) is 19.7 Å². The van der Waals surface area contributed by atoms with Crippen LogP contribution in [0.15, 0.2) is 38.1 Å². The number of nitrogens with one attached hydrogen (secondary N) is 1. The number of hydrogen-bond donors (Lipinski definition) is 1. The summed E-state index contributed by atoms with van der Waals surface area (Å²) in [6.45, 7) is 3.91. The maximum absolute atomic E-state index is 11.9. The van der Waals surface area contributed by atoms with Gasteiger partial charge in [0.25, 0.3) is 0 Å². The molecule has 1 aliphatic heterocycles. The van der Waals surface area contributed by atoms with Gasteiger partial charge in [-0.2, -0.15) is 0 Å². The lowest BCUT2D eigenvalue weighted by Crippen LogP contribution is -2.22. The van der Waals surface area contributed by atoms with Crippen LogP contribution >= 0.6 is 23.2 Å². The Labute approximate surface area is 165 Å². The van der Waals surface area contributed by atoms with Crippen molar-refractivity contribution >= 4 is 34.9 Å². The van der Waals surface area contributed by atoms with Crippen LogP contribution < -0.4 is 10.5 Å². The molecule has 0 fully saturated rings. The van der Waals surface area contributed by atoms with Gasteiger partial charge in [-0.3, -0.25) is 14.3 Å². The van der Waals surface area contributed by atoms with Crippen LogP contribution in [-0.2, 0) is 17.6 Å². The second-order valence-electron chi connectivity index (χ2n) is 6.36. The van der Waals surface area contributed by atoms with E-state index >= 15 is 0 Å². The largest absolute Gasteiger partial charge is 0.438 e. The molecule has 2 aromatic rings. The number of aliphatic imine (C=N–C) groups is 1. The number of carbonyl (C=O) groups is 1. The maximum Gasteiger partial charge on any atom is 0.438 e. The predicted molar refractivity (Wildman–Crippen MR) is 102 cm³/mol. The van der Waals surface area contributed by atoms with Crippen molar-refractivity contribution in [1.82, 2.24) is 10.1 Å². The molecule has 1 aliphatic rings. The van der Waals surface area contributed by atoms with Crippen molar-refractivity contribution in [1.29, 1.82) is 0 Å². The lowest BCUT2D eigenvalue weighted by Gasteiger charge is -2.17. The quantitative estimate of drug-likeness (QED) is 0.815. The summed E-state index contributed by atoms with van der Waals surface area (Å²) >= 11 is 12.6. The van der Waals surface area contributed by atoms with Crippen LogP contribution in [0.3, 0.4) is 0 Å². The number of carbonyl (C=O) groups excluding carboxylic acids is 1. The third-order valence-electron chi connectivity index (χ3n) is 4.00. The van der Waals surface area contributed by atoms with Crippen molar-refractivity contribution in [3.63, 3.8) is 0 Å². The zero-order valence-corrected chi connectivity index (χ0v) is 16.2. The summed E-state index contributed by atoms with van der Waals surface area (Å²) in [4.78, 5) is 29.4. The van der Waals surface area contributed by atoms with E-state index in [1.807, 2.05) is 13.8 Å². The van der Waals surface area contributed by atoms with Gasteiger partial charge in [0.2, 0.25) is 5.90 Å². The molecule has 0 atom stereocenters. The van der Waals surface area contributed by atoms with Gasteiger partial charge in [-0.1, -0.05) is 42.2 Å². The number of ketones is 1. The molecule has 1 N–H and O–H groups in total. The first-order valence-corrected chi connectivity index (χ1v) is 9.09. The molecule has 0 spiro atoms. The normalized spacial score (nSPS) is 14.3. The summed E-state index contributed by atoms with van der Waals surface area (Å²) < 4.78 is 10.2. The molecule has 2 heterocycles. The average Bonchev–Trinajstić information content (AvgIpc) is 3.03. The second-order valence-corrected chi connectivity index (χ2v) is 7.18. The van der Waals surface area contributed by atoms with Crippen molar-refractivity contribution in [2.24, 2.45) is 10.9 Å². The van der Waals surface area contributed by atoms with Crippen LogP contribution in [0.1, 0.15) is 25.2 Å². The van der Waals surface area contributed by atoms with Gasteiger partial charge >= 0.3 is 5.76 Å². The van der Waals surface area contributed by atoms with Crippen molar-refractivity contribution < 1.29 is 14.1 Å². The molecular formula is C18H17Cl2N3O4. The number of halogens is 2. The van der Waals surface area contributed by atoms with Gasteiger partial charge < -0.3 is 4.74 Å². The van der Waals surface area contributed by atoms with Gasteiger partial charge in [0.05, 0.1) is 10.0 Å². The van der Waals surface area contributed by atoms with E-state index in [1.54, 1.807) is 18.2 Å². The fraction of sp³-hybridized carbons (Fsp3) is 0.333. The topological polar surface area (TPSA) is 97.6 Å². The van der Waals surface area contributed by atoms with Crippen LogP contribution in [0, 0.1) is 5.92 Å². The number of nitrogens with zero attached hydrogens (tertiary/aromatic N) is 2. The number of hydrogen-bond acceptors (Lipinski definition) is 6. The minimum Gasteiger partial charge on any atom is -0.436 e. The van der Waals surface area contributed by atoms with Crippen molar-refractivity contribution in [2.45, 2.75) is 26.7 Å². The Morgan fingerprint density at radius 3 is 2.52 bits per heavy atom. The van der Waals surface area contributed by atoms with Crippen LogP contribution in [0.25, 0.3) is 0 Å². The highest BCUT2D eigenvalue weighted by Crippen LogP contribution is 2.35. The zero-order chi connectivity index (χ0) is 19.6. The van der Waals surface area contributed by atoms with E-state index in [0.29, 0.717) is 40.2 Å². The molecule has 0 radical (unpaired) electrons. The first-order valence-electron chi connectivity index (χ1n) is 8.33. The number of rotatable bonds is 5. The fourth-order valence-corrected chi connectivity index (χ4v) is 3.25. The molecular weight excluding hydrogens is 393 g/mol. The molecule has 27 heavy (non-hydrogen) atoms. The van der Waals surface area contributed by atoms with Gasteiger partial charge in [-0.05, 0) is 30.0 Å². The summed E-state index contributed by atoms with van der Waals surface area (Å²) in [5.74, 6) is 0.489. The van der Waals surface area contributed by atoms with E-state index in [4.69, 9.17) is 27.9 Å². The number of ether oxygens (including phenoxy) is 1. The van der Waals surface area contributed by atoms with E-state index < -0.39 is 5.76 Å². The number of dihydropyridines is 1. The number of aromatic amines is 1. The first-order chi connectivity index (χ1) is 12.8. The highest BCUT2D eigenvalue weighted by atomic mass is 35.5. The average molecular weight is 410 g/mol. The number of H-pyrrole nitrogens is 1. The Morgan fingerprint density at radius 2 is 1.93 bits per heavy atom. The summed E-state index contributed by atoms with van der Waals surface area (Å²) in [5.41, 5.74) is 1.51. The highest BCUT2D eigenvalue weighted by Gasteiger charge is 2.21. The minimum atomic E-state index is -0.592. The first kappa shape index (κ1) is 19.4. The highest BCUT2D eigenvalue weighted by molar-refractivity contribution is 6.37. The summed E-state index contributed by atoms with van der Waals surface area (Å²) in [5, 5.41) is 4.26. The number of benzene rings is 1. The molecule has 0 unspecified atom stereocenters. The summed E-state index contributed by atoms with van der Waals surface area (Å²) in [6, 6.07) is 3.45. The molecule has 9 heteroatoms. The number of Topliss-reactive ketones (excluding diaryl/α,β-unsaturated/α-hetero) is 1. The predicted octanol–water partition coefficient (Wildman–Crippen LogP) is 3.40. The molecule has 0 saturated heterocycles. The molecule has 1 aromatic heterocycles. The lowest BCUT2D eigenvalue weighted by molar-refractivity contribution is -0.114. The number of aryl methyl sites for hydroxylation is 2. The van der Waals surface area contributed by atoms with Crippen LogP contribution in [-0.4, -0.2) is 28.4 Å². The van der Waals surface area contributed by atoms with Gasteiger partial charge in [-0.15, -0.1) is 0 Å². The molecule has 0 saturated carbocycles.